The van der Waals surface area contributed by atoms with Crippen LogP contribution in [0.15, 0.2) is 23.1 Å². The Bertz CT molecular complexity index is 450. The number of rotatable bonds is 1. The second kappa shape index (κ2) is 3.67. The summed E-state index contributed by atoms with van der Waals surface area (Å²) >= 11 is 5.45. The molecule has 68 valence electrons. The lowest BCUT2D eigenvalue weighted by Crippen LogP contribution is -1.74. The number of hydrogen-bond acceptors (Lipinski definition) is 3. The number of thiophene rings is 1. The van der Waals surface area contributed by atoms with Crippen LogP contribution in [-0.4, -0.2) is 11.4 Å². The first kappa shape index (κ1) is 9.61. The van der Waals surface area contributed by atoms with Gasteiger partial charge in [0.2, 0.25) is 0 Å². The van der Waals surface area contributed by atoms with Crippen molar-refractivity contribution < 1.29 is 5.11 Å². The highest BCUT2D eigenvalue weighted by Gasteiger charge is 2.07. The highest BCUT2D eigenvalue weighted by atomic mass is 127. The van der Waals surface area contributed by atoms with Gasteiger partial charge in [0, 0.05) is 19.9 Å². The maximum atomic E-state index is 9.41. The topological polar surface area (TPSA) is 20.2 Å². The maximum absolute atomic E-state index is 9.41. The largest absolute Gasteiger partial charge is 0.499 e. The quantitative estimate of drug-likeness (QED) is 0.634. The molecular formula is C9H7IOS2. The SMILES string of the molecule is CSc1ccc(I)c2cc(O)sc12. The van der Waals surface area contributed by atoms with Crippen molar-refractivity contribution >= 4 is 55.8 Å². The summed E-state index contributed by atoms with van der Waals surface area (Å²) in [5.74, 6) is 0. The van der Waals surface area contributed by atoms with Crippen molar-refractivity contribution in [3.05, 3.63) is 21.8 Å². The van der Waals surface area contributed by atoms with Gasteiger partial charge in [-0.2, -0.15) is 0 Å². The van der Waals surface area contributed by atoms with E-state index in [1.54, 1.807) is 11.8 Å². The molecule has 0 bridgehead atoms. The first-order valence-electron chi connectivity index (χ1n) is 3.67. The summed E-state index contributed by atoms with van der Waals surface area (Å²) in [5.41, 5.74) is 0. The van der Waals surface area contributed by atoms with Gasteiger partial charge in [-0.15, -0.1) is 11.8 Å². The minimum atomic E-state index is 0.398. The average Bonchev–Trinajstić information content (AvgIpc) is 2.48. The first-order valence-corrected chi connectivity index (χ1v) is 6.79. The van der Waals surface area contributed by atoms with E-state index in [1.807, 2.05) is 6.07 Å². The Morgan fingerprint density at radius 2 is 2.23 bits per heavy atom. The molecule has 13 heavy (non-hydrogen) atoms. The normalized spacial score (nSPS) is 10.9. The molecule has 1 nitrogen and oxygen atoms in total. The fourth-order valence-corrected chi connectivity index (χ4v) is 3.71. The van der Waals surface area contributed by atoms with Crippen molar-refractivity contribution in [1.82, 2.24) is 0 Å². The monoisotopic (exact) mass is 322 g/mol. The fraction of sp³-hybridized carbons (Fsp3) is 0.111. The molecule has 0 atom stereocenters. The van der Waals surface area contributed by atoms with E-state index in [2.05, 4.69) is 41.0 Å². The van der Waals surface area contributed by atoms with Crippen molar-refractivity contribution in [2.75, 3.05) is 6.26 Å². The summed E-state index contributed by atoms with van der Waals surface area (Å²) in [7, 11) is 0. The van der Waals surface area contributed by atoms with Crippen molar-refractivity contribution in [3.8, 4) is 5.06 Å². The third kappa shape index (κ3) is 1.67. The highest BCUT2D eigenvalue weighted by Crippen LogP contribution is 2.38. The molecule has 0 saturated carbocycles. The molecule has 0 aliphatic heterocycles. The van der Waals surface area contributed by atoms with Gasteiger partial charge < -0.3 is 5.11 Å². The summed E-state index contributed by atoms with van der Waals surface area (Å²) in [5, 5.41) is 11.0. The number of halogens is 1. The number of aromatic hydroxyl groups is 1. The number of fused-ring (bicyclic) bond motifs is 1. The van der Waals surface area contributed by atoms with Gasteiger partial charge in [0.05, 0.1) is 4.70 Å². The lowest BCUT2D eigenvalue weighted by molar-refractivity contribution is 0.491. The molecule has 0 saturated heterocycles. The van der Waals surface area contributed by atoms with Crippen LogP contribution in [0.4, 0.5) is 0 Å². The van der Waals surface area contributed by atoms with E-state index in [1.165, 1.54) is 24.5 Å². The van der Waals surface area contributed by atoms with Crippen LogP contribution >= 0.6 is 45.7 Å². The van der Waals surface area contributed by atoms with Crippen molar-refractivity contribution in [3.63, 3.8) is 0 Å². The molecule has 1 heterocycles. The zero-order valence-electron chi connectivity index (χ0n) is 6.87. The Morgan fingerprint density at radius 3 is 2.92 bits per heavy atom. The van der Waals surface area contributed by atoms with Crippen molar-refractivity contribution in [1.29, 1.82) is 0 Å². The molecule has 1 N–H and O–H groups in total. The van der Waals surface area contributed by atoms with E-state index < -0.39 is 0 Å². The van der Waals surface area contributed by atoms with Crippen LogP contribution in [0.5, 0.6) is 5.06 Å². The molecule has 0 aliphatic carbocycles. The van der Waals surface area contributed by atoms with Crippen molar-refractivity contribution in [2.24, 2.45) is 0 Å². The van der Waals surface area contributed by atoms with Crippen LogP contribution in [0.1, 0.15) is 0 Å². The predicted molar refractivity (Wildman–Crippen MR) is 68.0 cm³/mol. The van der Waals surface area contributed by atoms with Crippen LogP contribution in [0.3, 0.4) is 0 Å². The van der Waals surface area contributed by atoms with E-state index in [-0.39, 0.29) is 0 Å². The van der Waals surface area contributed by atoms with Crippen LogP contribution in [0.2, 0.25) is 0 Å². The van der Waals surface area contributed by atoms with E-state index in [4.69, 9.17) is 0 Å². The number of hydrogen-bond donors (Lipinski definition) is 1. The Hall–Kier alpha value is 0.0600. The fourth-order valence-electron chi connectivity index (χ4n) is 1.21. The minimum Gasteiger partial charge on any atom is -0.499 e. The molecule has 2 rings (SSSR count). The van der Waals surface area contributed by atoms with Crippen LogP contribution in [0.25, 0.3) is 10.1 Å². The zero-order chi connectivity index (χ0) is 9.42. The third-order valence-electron chi connectivity index (χ3n) is 1.80. The smallest absolute Gasteiger partial charge is 0.172 e. The standard InChI is InChI=1S/C9H7IOS2/c1-12-7-3-2-6(10)5-4-8(11)13-9(5)7/h2-4,11H,1H3. The minimum absolute atomic E-state index is 0.398. The molecule has 0 unspecified atom stereocenters. The van der Waals surface area contributed by atoms with Gasteiger partial charge in [-0.1, -0.05) is 11.3 Å². The Labute approximate surface area is 98.3 Å². The number of benzene rings is 1. The van der Waals surface area contributed by atoms with Crippen LogP contribution in [0, 0.1) is 3.57 Å². The van der Waals surface area contributed by atoms with E-state index in [9.17, 15) is 5.11 Å². The Balaban J connectivity index is 2.83. The molecule has 0 aliphatic rings. The molecular weight excluding hydrogens is 315 g/mol. The van der Waals surface area contributed by atoms with Gasteiger partial charge in [-0.3, -0.25) is 0 Å². The first-order chi connectivity index (χ1) is 6.22. The van der Waals surface area contributed by atoms with E-state index in [0.29, 0.717) is 5.06 Å². The number of thioether (sulfide) groups is 1. The molecule has 0 fully saturated rings. The summed E-state index contributed by atoms with van der Waals surface area (Å²) in [4.78, 5) is 1.24. The van der Waals surface area contributed by atoms with Crippen molar-refractivity contribution in [2.45, 2.75) is 4.90 Å². The van der Waals surface area contributed by atoms with Gasteiger partial charge >= 0.3 is 0 Å². The van der Waals surface area contributed by atoms with E-state index in [0.717, 1.165) is 5.39 Å². The summed E-state index contributed by atoms with van der Waals surface area (Å²) in [6.45, 7) is 0. The molecule has 1 aromatic carbocycles. The zero-order valence-corrected chi connectivity index (χ0v) is 10.7. The summed E-state index contributed by atoms with van der Waals surface area (Å²) in [6, 6.07) is 6.02. The molecule has 4 heteroatoms. The highest BCUT2D eigenvalue weighted by molar-refractivity contribution is 14.1. The predicted octanol–water partition coefficient (Wildman–Crippen LogP) is 3.93. The van der Waals surface area contributed by atoms with Crippen LogP contribution < -0.4 is 0 Å². The van der Waals surface area contributed by atoms with Gasteiger partial charge in [-0.25, -0.2) is 0 Å². The van der Waals surface area contributed by atoms with Gasteiger partial charge in [0.15, 0.2) is 5.06 Å². The molecule has 0 radical (unpaired) electrons. The summed E-state index contributed by atoms with van der Waals surface area (Å²) < 4.78 is 2.39. The molecule has 2 aromatic rings. The molecule has 0 amide bonds. The lowest BCUT2D eigenvalue weighted by atomic mass is 10.3. The molecule has 0 spiro atoms. The van der Waals surface area contributed by atoms with E-state index >= 15 is 0 Å². The molecule has 1 aromatic heterocycles. The second-order valence-corrected chi connectivity index (χ2v) is 5.62. The van der Waals surface area contributed by atoms with Gasteiger partial charge in [-0.05, 0) is 41.0 Å². The Kier molecular flexibility index (Phi) is 2.71. The second-order valence-electron chi connectivity index (χ2n) is 2.58. The third-order valence-corrected chi connectivity index (χ3v) is 4.62. The van der Waals surface area contributed by atoms with Gasteiger partial charge in [0.25, 0.3) is 0 Å². The maximum Gasteiger partial charge on any atom is 0.172 e. The van der Waals surface area contributed by atoms with Crippen LogP contribution in [-0.2, 0) is 0 Å². The van der Waals surface area contributed by atoms with Gasteiger partial charge in [0.1, 0.15) is 0 Å². The average molecular weight is 322 g/mol. The summed E-state index contributed by atoms with van der Waals surface area (Å²) in [6.07, 6.45) is 2.05. The lowest BCUT2D eigenvalue weighted by Gasteiger charge is -1.99. The Morgan fingerprint density at radius 1 is 1.46 bits per heavy atom.